The highest BCUT2D eigenvalue weighted by Crippen LogP contribution is 2.29. The third-order valence-corrected chi connectivity index (χ3v) is 5.10. The van der Waals surface area contributed by atoms with Gasteiger partial charge in [-0.2, -0.15) is 0 Å². The third kappa shape index (κ3) is 5.11. The van der Waals surface area contributed by atoms with Crippen molar-refractivity contribution in [2.24, 2.45) is 0 Å². The van der Waals surface area contributed by atoms with Gasteiger partial charge in [-0.1, -0.05) is 23.1 Å². The van der Waals surface area contributed by atoms with Crippen LogP contribution in [0.4, 0.5) is 16.5 Å². The maximum absolute atomic E-state index is 12.3. The quantitative estimate of drug-likeness (QED) is 0.747. The van der Waals surface area contributed by atoms with Gasteiger partial charge in [0.15, 0.2) is 4.34 Å². The van der Waals surface area contributed by atoms with Crippen LogP contribution in [0.15, 0.2) is 28.6 Å². The summed E-state index contributed by atoms with van der Waals surface area (Å²) in [4.78, 5) is 14.3. The van der Waals surface area contributed by atoms with Gasteiger partial charge < -0.3 is 15.5 Å². The number of aromatic nitrogens is 2. The number of hydrogen-bond donors (Lipinski definition) is 2. The zero-order chi connectivity index (χ0) is 16.8. The van der Waals surface area contributed by atoms with Crippen LogP contribution in [0.25, 0.3) is 0 Å². The summed E-state index contributed by atoms with van der Waals surface area (Å²) < 4.78 is 0.784. The Balaban J connectivity index is 1.91. The Hall–Kier alpha value is -1.80. The summed E-state index contributed by atoms with van der Waals surface area (Å²) >= 11 is 2.87. The largest absolute Gasteiger partial charge is 0.378 e. The predicted molar refractivity (Wildman–Crippen MR) is 98.8 cm³/mol. The summed E-state index contributed by atoms with van der Waals surface area (Å²) in [5, 5.41) is 14.7. The molecule has 2 N–H and O–H groups in total. The van der Waals surface area contributed by atoms with Gasteiger partial charge in [-0.3, -0.25) is 4.79 Å². The van der Waals surface area contributed by atoms with Gasteiger partial charge >= 0.3 is 0 Å². The van der Waals surface area contributed by atoms with Crippen molar-refractivity contribution in [3.8, 4) is 0 Å². The van der Waals surface area contributed by atoms with Crippen molar-refractivity contribution in [3.63, 3.8) is 0 Å². The molecular formula is C15H21N5OS2. The van der Waals surface area contributed by atoms with E-state index in [4.69, 9.17) is 0 Å². The lowest BCUT2D eigenvalue weighted by molar-refractivity contribution is -0.115. The molecule has 0 saturated heterocycles. The number of carbonyl (C=O) groups excluding carboxylic acids is 1. The molecular weight excluding hydrogens is 330 g/mol. The van der Waals surface area contributed by atoms with Gasteiger partial charge in [-0.25, -0.2) is 0 Å². The van der Waals surface area contributed by atoms with E-state index in [1.54, 1.807) is 0 Å². The number of hydrogen-bond acceptors (Lipinski definition) is 7. The first-order chi connectivity index (χ1) is 11.0. The lowest BCUT2D eigenvalue weighted by Crippen LogP contribution is -2.22. The van der Waals surface area contributed by atoms with Gasteiger partial charge in [-0.05, 0) is 38.1 Å². The summed E-state index contributed by atoms with van der Waals surface area (Å²) in [5.74, 6) is -0.0483. The van der Waals surface area contributed by atoms with Crippen molar-refractivity contribution >= 4 is 45.5 Å². The van der Waals surface area contributed by atoms with Crippen LogP contribution in [0.5, 0.6) is 0 Å². The van der Waals surface area contributed by atoms with Crippen molar-refractivity contribution in [1.29, 1.82) is 0 Å². The highest BCUT2D eigenvalue weighted by Gasteiger charge is 2.17. The number of nitrogens with one attached hydrogen (secondary N) is 2. The minimum absolute atomic E-state index is 0.0483. The normalized spacial score (nSPS) is 11.8. The van der Waals surface area contributed by atoms with Crippen LogP contribution in [-0.4, -0.2) is 42.0 Å². The van der Waals surface area contributed by atoms with Crippen molar-refractivity contribution in [1.82, 2.24) is 10.2 Å². The number of anilines is 3. The predicted octanol–water partition coefficient (Wildman–Crippen LogP) is 3.16. The second-order valence-corrected chi connectivity index (χ2v) is 7.66. The Bertz CT molecular complexity index is 642. The van der Waals surface area contributed by atoms with E-state index in [-0.39, 0.29) is 11.2 Å². The molecule has 2 rings (SSSR count). The van der Waals surface area contributed by atoms with Gasteiger partial charge in [0.1, 0.15) is 0 Å². The average molecular weight is 352 g/mol. The topological polar surface area (TPSA) is 70.1 Å². The lowest BCUT2D eigenvalue weighted by Gasteiger charge is -2.14. The Labute approximate surface area is 144 Å². The van der Waals surface area contributed by atoms with E-state index < -0.39 is 0 Å². The minimum atomic E-state index is -0.244. The fraction of sp³-hybridized carbons (Fsp3) is 0.400. The maximum atomic E-state index is 12.3. The van der Waals surface area contributed by atoms with Gasteiger partial charge in [0.2, 0.25) is 11.0 Å². The molecule has 1 aromatic heterocycles. The van der Waals surface area contributed by atoms with Crippen LogP contribution in [-0.2, 0) is 4.79 Å². The summed E-state index contributed by atoms with van der Waals surface area (Å²) in [7, 11) is 3.96. The summed E-state index contributed by atoms with van der Waals surface area (Å²) in [5.41, 5.74) is 1.88. The second kappa shape index (κ2) is 8.16. The smallest absolute Gasteiger partial charge is 0.237 e. The molecule has 1 aromatic carbocycles. The molecule has 2 aromatic rings. The average Bonchev–Trinajstić information content (AvgIpc) is 2.95. The first-order valence-electron chi connectivity index (χ1n) is 7.32. The molecule has 0 fully saturated rings. The van der Waals surface area contributed by atoms with Crippen molar-refractivity contribution in [2.45, 2.75) is 23.4 Å². The van der Waals surface area contributed by atoms with E-state index in [0.29, 0.717) is 0 Å². The minimum Gasteiger partial charge on any atom is -0.378 e. The fourth-order valence-electron chi connectivity index (χ4n) is 1.77. The molecule has 0 saturated carbocycles. The number of thioether (sulfide) groups is 1. The monoisotopic (exact) mass is 351 g/mol. The van der Waals surface area contributed by atoms with Gasteiger partial charge in [0.25, 0.3) is 0 Å². The molecule has 0 aliphatic heterocycles. The second-order valence-electron chi connectivity index (χ2n) is 5.09. The SMILES string of the molecule is CCNc1nnc(SC(C)C(=O)Nc2ccc(N(C)C)cc2)s1. The summed E-state index contributed by atoms with van der Waals surface area (Å²) in [6.07, 6.45) is 0. The zero-order valence-electron chi connectivity index (χ0n) is 13.7. The van der Waals surface area contributed by atoms with Crippen LogP contribution < -0.4 is 15.5 Å². The van der Waals surface area contributed by atoms with Gasteiger partial charge in [0, 0.05) is 32.0 Å². The molecule has 0 radical (unpaired) electrons. The van der Waals surface area contributed by atoms with E-state index in [1.807, 2.05) is 57.1 Å². The van der Waals surface area contributed by atoms with E-state index in [9.17, 15) is 4.79 Å². The number of benzene rings is 1. The standard InChI is InChI=1S/C15H21N5OS2/c1-5-16-14-18-19-15(23-14)22-10(2)13(21)17-11-6-8-12(9-7-11)20(3)4/h6-10H,5H2,1-4H3,(H,16,18)(H,17,21). The Morgan fingerprint density at radius 2 is 2.00 bits per heavy atom. The third-order valence-electron chi connectivity index (χ3n) is 3.03. The summed E-state index contributed by atoms with van der Waals surface area (Å²) in [6.45, 7) is 4.67. The number of rotatable bonds is 7. The van der Waals surface area contributed by atoms with Crippen molar-refractivity contribution in [2.75, 3.05) is 36.2 Å². The van der Waals surface area contributed by atoms with Crippen molar-refractivity contribution < 1.29 is 4.79 Å². The number of amides is 1. The van der Waals surface area contributed by atoms with Crippen LogP contribution in [0.3, 0.4) is 0 Å². The molecule has 6 nitrogen and oxygen atoms in total. The van der Waals surface area contributed by atoms with E-state index in [0.717, 1.165) is 27.4 Å². The first-order valence-corrected chi connectivity index (χ1v) is 9.01. The molecule has 0 bridgehead atoms. The molecule has 0 aliphatic rings. The Morgan fingerprint density at radius 1 is 1.30 bits per heavy atom. The molecule has 23 heavy (non-hydrogen) atoms. The molecule has 124 valence electrons. The fourth-order valence-corrected chi connectivity index (χ4v) is 3.74. The molecule has 1 atom stereocenters. The van der Waals surface area contributed by atoms with Gasteiger partial charge in [-0.15, -0.1) is 10.2 Å². The molecule has 1 unspecified atom stereocenters. The van der Waals surface area contributed by atoms with Crippen molar-refractivity contribution in [3.05, 3.63) is 24.3 Å². The van der Waals surface area contributed by atoms with E-state index in [2.05, 4.69) is 20.8 Å². The Kier molecular flexibility index (Phi) is 6.23. The zero-order valence-corrected chi connectivity index (χ0v) is 15.3. The van der Waals surface area contributed by atoms with Crippen LogP contribution >= 0.6 is 23.1 Å². The summed E-state index contributed by atoms with van der Waals surface area (Å²) in [6, 6.07) is 7.75. The highest BCUT2D eigenvalue weighted by atomic mass is 32.2. The molecule has 0 spiro atoms. The van der Waals surface area contributed by atoms with Crippen LogP contribution in [0.2, 0.25) is 0 Å². The lowest BCUT2D eigenvalue weighted by atomic mass is 10.2. The van der Waals surface area contributed by atoms with E-state index in [1.165, 1.54) is 23.1 Å². The Morgan fingerprint density at radius 3 is 2.61 bits per heavy atom. The maximum Gasteiger partial charge on any atom is 0.237 e. The number of nitrogens with zero attached hydrogens (tertiary/aromatic N) is 3. The highest BCUT2D eigenvalue weighted by molar-refractivity contribution is 8.02. The molecule has 8 heteroatoms. The molecule has 1 heterocycles. The van der Waals surface area contributed by atoms with Crippen LogP contribution in [0.1, 0.15) is 13.8 Å². The molecule has 0 aliphatic carbocycles. The van der Waals surface area contributed by atoms with Crippen LogP contribution in [0, 0.1) is 0 Å². The van der Waals surface area contributed by atoms with Gasteiger partial charge in [0.05, 0.1) is 5.25 Å². The van der Waals surface area contributed by atoms with E-state index >= 15 is 0 Å². The first kappa shape index (κ1) is 17.6. The number of carbonyl (C=O) groups is 1. The molecule has 1 amide bonds.